The molecule has 0 aliphatic carbocycles. The van der Waals surface area contributed by atoms with E-state index >= 15 is 0 Å². The zero-order valence-electron chi connectivity index (χ0n) is 17.9. The number of hydrogen-bond donors (Lipinski definition) is 2. The molecule has 33 heavy (non-hydrogen) atoms. The molecule has 0 aliphatic heterocycles. The van der Waals surface area contributed by atoms with Crippen molar-refractivity contribution in [3.05, 3.63) is 90.4 Å². The van der Waals surface area contributed by atoms with Gasteiger partial charge in [-0.1, -0.05) is 47.8 Å². The number of allylic oxidation sites excluding steroid dienone is 1. The molecule has 0 saturated heterocycles. The highest BCUT2D eigenvalue weighted by Crippen LogP contribution is 2.32. The van der Waals surface area contributed by atoms with E-state index in [1.54, 1.807) is 6.20 Å². The van der Waals surface area contributed by atoms with Gasteiger partial charge in [-0.25, -0.2) is 4.98 Å². The lowest BCUT2D eigenvalue weighted by molar-refractivity contribution is -0.137. The van der Waals surface area contributed by atoms with E-state index in [0.29, 0.717) is 6.54 Å². The van der Waals surface area contributed by atoms with Gasteiger partial charge in [-0.05, 0) is 47.7 Å². The minimum absolute atomic E-state index is 0.224. The van der Waals surface area contributed by atoms with Crippen molar-refractivity contribution >= 4 is 27.2 Å². The number of aromatic nitrogens is 2. The molecule has 0 spiro atoms. The van der Waals surface area contributed by atoms with Crippen LogP contribution < -0.4 is 11.1 Å². The fourth-order valence-electron chi connectivity index (χ4n) is 3.66. The van der Waals surface area contributed by atoms with Gasteiger partial charge in [0.15, 0.2) is 5.13 Å². The molecule has 3 N–H and O–H groups in total. The van der Waals surface area contributed by atoms with Crippen LogP contribution in [0.15, 0.2) is 79.3 Å². The van der Waals surface area contributed by atoms with Gasteiger partial charge in [0, 0.05) is 42.5 Å². The van der Waals surface area contributed by atoms with E-state index in [1.165, 1.54) is 23.5 Å². The molecule has 4 aromatic rings. The molecule has 0 aliphatic rings. The van der Waals surface area contributed by atoms with Gasteiger partial charge >= 0.3 is 6.18 Å². The molecule has 0 amide bonds. The molecule has 4 rings (SSSR count). The average molecular weight is 469 g/mol. The van der Waals surface area contributed by atoms with E-state index in [2.05, 4.69) is 21.4 Å². The van der Waals surface area contributed by atoms with Crippen LogP contribution in [-0.2, 0) is 6.18 Å². The number of thiazole rings is 1. The normalized spacial score (nSPS) is 14.0. The largest absolute Gasteiger partial charge is 0.416 e. The number of anilines is 1. The van der Waals surface area contributed by atoms with Crippen molar-refractivity contribution in [3.63, 3.8) is 0 Å². The first-order valence-corrected chi connectivity index (χ1v) is 11.3. The Kier molecular flexibility index (Phi) is 6.76. The first kappa shape index (κ1) is 22.9. The fraction of sp³-hybridized carbons (Fsp3) is 0.200. The number of nitrogens with zero attached hydrogens (tertiary/aromatic N) is 2. The van der Waals surface area contributed by atoms with Gasteiger partial charge in [-0.3, -0.25) is 4.98 Å². The second kappa shape index (κ2) is 9.72. The SMILES string of the molecule is C/C=C/[C@@H](c1ccc(C(F)(F)F)cc1)[C@H](N)CNc1ncc(-c2ccc3cnccc3c2)s1. The fourth-order valence-corrected chi connectivity index (χ4v) is 4.48. The Bertz CT molecular complexity index is 1250. The van der Waals surface area contributed by atoms with Gasteiger partial charge in [-0.2, -0.15) is 13.2 Å². The van der Waals surface area contributed by atoms with Crippen molar-refractivity contribution in [2.24, 2.45) is 5.73 Å². The third-order valence-electron chi connectivity index (χ3n) is 5.40. The summed E-state index contributed by atoms with van der Waals surface area (Å²) >= 11 is 1.53. The van der Waals surface area contributed by atoms with Crippen LogP contribution in [0.25, 0.3) is 21.2 Å². The van der Waals surface area contributed by atoms with Gasteiger partial charge in [-0.15, -0.1) is 0 Å². The zero-order valence-corrected chi connectivity index (χ0v) is 18.7. The monoisotopic (exact) mass is 468 g/mol. The number of nitrogens with two attached hydrogens (primary N) is 1. The predicted molar refractivity (Wildman–Crippen MR) is 128 cm³/mol. The summed E-state index contributed by atoms with van der Waals surface area (Å²) in [5, 5.41) is 6.20. The van der Waals surface area contributed by atoms with Crippen LogP contribution in [-0.4, -0.2) is 22.6 Å². The van der Waals surface area contributed by atoms with Crippen LogP contribution in [0.5, 0.6) is 0 Å². The first-order valence-electron chi connectivity index (χ1n) is 10.4. The zero-order chi connectivity index (χ0) is 23.4. The highest BCUT2D eigenvalue weighted by molar-refractivity contribution is 7.18. The summed E-state index contributed by atoms with van der Waals surface area (Å²) in [7, 11) is 0. The maximum atomic E-state index is 12.9. The molecule has 2 heterocycles. The lowest BCUT2D eigenvalue weighted by Gasteiger charge is -2.22. The molecule has 4 nitrogen and oxygen atoms in total. The third kappa shape index (κ3) is 5.40. The second-order valence-electron chi connectivity index (χ2n) is 7.68. The lowest BCUT2D eigenvalue weighted by atomic mass is 9.90. The van der Waals surface area contributed by atoms with E-state index in [0.717, 1.165) is 44.0 Å². The van der Waals surface area contributed by atoms with Crippen molar-refractivity contribution in [3.8, 4) is 10.4 Å². The van der Waals surface area contributed by atoms with Crippen LogP contribution in [0.1, 0.15) is 24.0 Å². The molecule has 2 aromatic heterocycles. The number of nitrogens with one attached hydrogen (secondary N) is 1. The summed E-state index contributed by atoms with van der Waals surface area (Å²) in [6.45, 7) is 2.29. The number of pyridine rings is 1. The molecule has 2 atom stereocenters. The van der Waals surface area contributed by atoms with Crippen molar-refractivity contribution in [1.82, 2.24) is 9.97 Å². The van der Waals surface area contributed by atoms with Crippen molar-refractivity contribution in [2.45, 2.75) is 25.1 Å². The molecular formula is C25H23F3N4S. The van der Waals surface area contributed by atoms with Gasteiger partial charge in [0.2, 0.25) is 0 Å². The van der Waals surface area contributed by atoms with Gasteiger partial charge in [0.1, 0.15) is 0 Å². The quantitative estimate of drug-likeness (QED) is 0.305. The number of hydrogen-bond acceptors (Lipinski definition) is 5. The molecule has 0 fully saturated rings. The van der Waals surface area contributed by atoms with Crippen LogP contribution in [0, 0.1) is 0 Å². The molecule has 8 heteroatoms. The van der Waals surface area contributed by atoms with E-state index in [9.17, 15) is 13.2 Å². The second-order valence-corrected chi connectivity index (χ2v) is 8.71. The minimum Gasteiger partial charge on any atom is -0.360 e. The number of fused-ring (bicyclic) bond motifs is 1. The van der Waals surface area contributed by atoms with Crippen LogP contribution in [0.3, 0.4) is 0 Å². The summed E-state index contributed by atoms with van der Waals surface area (Å²) in [5.41, 5.74) is 7.56. The highest BCUT2D eigenvalue weighted by Gasteiger charge is 2.30. The molecule has 0 unspecified atom stereocenters. The number of rotatable bonds is 7. The van der Waals surface area contributed by atoms with E-state index in [1.807, 2.05) is 49.7 Å². The van der Waals surface area contributed by atoms with Crippen molar-refractivity contribution in [2.75, 3.05) is 11.9 Å². The number of halogens is 3. The van der Waals surface area contributed by atoms with Gasteiger partial charge in [0.25, 0.3) is 0 Å². The van der Waals surface area contributed by atoms with E-state index in [-0.39, 0.29) is 12.0 Å². The predicted octanol–water partition coefficient (Wildman–Crippen LogP) is 6.48. The molecule has 170 valence electrons. The molecule has 0 bridgehead atoms. The van der Waals surface area contributed by atoms with E-state index < -0.39 is 11.7 Å². The number of alkyl halides is 3. The maximum Gasteiger partial charge on any atom is 0.416 e. The van der Waals surface area contributed by atoms with Crippen molar-refractivity contribution in [1.29, 1.82) is 0 Å². The minimum atomic E-state index is -4.36. The molecule has 0 saturated carbocycles. The van der Waals surface area contributed by atoms with Gasteiger partial charge < -0.3 is 11.1 Å². The topological polar surface area (TPSA) is 63.8 Å². The highest BCUT2D eigenvalue weighted by atomic mass is 32.1. The Labute approximate surface area is 194 Å². The Morgan fingerprint density at radius 3 is 2.58 bits per heavy atom. The summed E-state index contributed by atoms with van der Waals surface area (Å²) in [4.78, 5) is 9.62. The Hall–Kier alpha value is -3.23. The summed E-state index contributed by atoms with van der Waals surface area (Å²) in [5.74, 6) is -0.224. The van der Waals surface area contributed by atoms with Crippen LogP contribution in [0.4, 0.5) is 18.3 Å². The standard InChI is InChI=1S/C25H23F3N4S/c1-2-3-21(16-6-8-20(9-7-16)25(26,27)28)22(29)14-31-24-32-15-23(33-24)18-4-5-19-13-30-11-10-17(19)12-18/h2-13,15,21-22H,14,29H2,1H3,(H,31,32)/b3-2+/t21-,22+/m0/s1. The number of benzene rings is 2. The summed E-state index contributed by atoms with van der Waals surface area (Å²) in [6, 6.07) is 13.0. The Morgan fingerprint density at radius 2 is 1.85 bits per heavy atom. The van der Waals surface area contributed by atoms with Crippen LogP contribution in [0.2, 0.25) is 0 Å². The maximum absolute atomic E-state index is 12.9. The summed E-state index contributed by atoms with van der Waals surface area (Å²) in [6.07, 6.45) is 4.83. The average Bonchev–Trinajstić information content (AvgIpc) is 3.29. The summed E-state index contributed by atoms with van der Waals surface area (Å²) < 4.78 is 38.6. The smallest absolute Gasteiger partial charge is 0.360 e. The van der Waals surface area contributed by atoms with Crippen molar-refractivity contribution < 1.29 is 13.2 Å². The van der Waals surface area contributed by atoms with Crippen LogP contribution >= 0.6 is 11.3 Å². The Balaban J connectivity index is 1.44. The molecule has 2 aromatic carbocycles. The lowest BCUT2D eigenvalue weighted by Crippen LogP contribution is -2.34. The third-order valence-corrected chi connectivity index (χ3v) is 6.41. The molecule has 0 radical (unpaired) electrons. The van der Waals surface area contributed by atoms with Gasteiger partial charge in [0.05, 0.1) is 10.4 Å². The van der Waals surface area contributed by atoms with E-state index in [4.69, 9.17) is 5.73 Å². The molecular weight excluding hydrogens is 445 g/mol. The first-order chi connectivity index (χ1) is 15.8. The Morgan fingerprint density at radius 1 is 1.06 bits per heavy atom.